The molecule has 0 saturated carbocycles. The van der Waals surface area contributed by atoms with Gasteiger partial charge in [-0.2, -0.15) is 0 Å². The van der Waals surface area contributed by atoms with Gasteiger partial charge in [-0.25, -0.2) is 13.8 Å². The number of halogens is 5. The van der Waals surface area contributed by atoms with Crippen molar-refractivity contribution in [1.29, 1.82) is 0 Å². The second kappa shape index (κ2) is 10.8. The standard InChI is InChI=1S/C15H17BrF2N4S2.2ClH/c1-8-11(24-13(12(8)16)14(17)18)5-19-3-2-4-20-15-21-9-6-23-7-10(9)22-15;;/h6-7,14,19H,2-5H2,1H3,(H2,20,21,22);2*1H. The lowest BCUT2D eigenvalue weighted by atomic mass is 10.2. The topological polar surface area (TPSA) is 52.7 Å². The molecule has 0 atom stereocenters. The maximum absolute atomic E-state index is 12.9. The Labute approximate surface area is 179 Å². The first-order valence-corrected chi connectivity index (χ1v) is 10.0. The van der Waals surface area contributed by atoms with Crippen LogP contribution < -0.4 is 10.6 Å². The number of hydrogen-bond acceptors (Lipinski definition) is 5. The number of H-pyrrole nitrogens is 1. The Morgan fingerprint density at radius 2 is 2.04 bits per heavy atom. The molecule has 3 N–H and O–H groups in total. The summed E-state index contributed by atoms with van der Waals surface area (Å²) >= 11 is 6.05. The van der Waals surface area contributed by atoms with Crippen LogP contribution in [0.25, 0.3) is 11.0 Å². The molecule has 3 aromatic rings. The maximum Gasteiger partial charge on any atom is 0.273 e. The van der Waals surface area contributed by atoms with Crippen molar-refractivity contribution in [3.63, 3.8) is 0 Å². The van der Waals surface area contributed by atoms with Gasteiger partial charge in [0.2, 0.25) is 5.95 Å². The molecule has 0 fully saturated rings. The van der Waals surface area contributed by atoms with E-state index in [1.54, 1.807) is 11.3 Å². The molecule has 0 aliphatic rings. The molecular weight excluding hydrogens is 489 g/mol. The van der Waals surface area contributed by atoms with Crippen LogP contribution in [0.5, 0.6) is 0 Å². The van der Waals surface area contributed by atoms with Crippen molar-refractivity contribution in [2.75, 3.05) is 18.4 Å². The van der Waals surface area contributed by atoms with Gasteiger partial charge in [0.1, 0.15) is 5.52 Å². The van der Waals surface area contributed by atoms with E-state index in [1.165, 1.54) is 11.3 Å². The molecule has 3 aromatic heterocycles. The fraction of sp³-hybridized carbons (Fsp3) is 0.400. The average Bonchev–Trinajstić information content (AvgIpc) is 3.19. The Morgan fingerprint density at radius 3 is 2.69 bits per heavy atom. The zero-order valence-corrected chi connectivity index (χ0v) is 18.6. The van der Waals surface area contributed by atoms with Crippen LogP contribution in [-0.2, 0) is 6.54 Å². The molecule has 146 valence electrons. The zero-order chi connectivity index (χ0) is 17.1. The summed E-state index contributed by atoms with van der Waals surface area (Å²) in [5.74, 6) is 0.785. The largest absolute Gasteiger partial charge is 0.356 e. The Morgan fingerprint density at radius 1 is 1.27 bits per heavy atom. The molecule has 0 aliphatic heterocycles. The van der Waals surface area contributed by atoms with Crippen LogP contribution in [0.2, 0.25) is 0 Å². The van der Waals surface area contributed by atoms with Crippen LogP contribution in [0.4, 0.5) is 14.7 Å². The Balaban J connectivity index is 0.00000169. The fourth-order valence-electron chi connectivity index (χ4n) is 2.32. The van der Waals surface area contributed by atoms with E-state index in [1.807, 2.05) is 17.7 Å². The normalized spacial score (nSPS) is 10.8. The maximum atomic E-state index is 12.9. The van der Waals surface area contributed by atoms with Crippen LogP contribution in [0, 0.1) is 6.92 Å². The molecule has 0 saturated heterocycles. The molecule has 0 aliphatic carbocycles. The summed E-state index contributed by atoms with van der Waals surface area (Å²) in [5.41, 5.74) is 2.93. The van der Waals surface area contributed by atoms with Crippen LogP contribution in [0.1, 0.15) is 28.2 Å². The number of anilines is 1. The van der Waals surface area contributed by atoms with E-state index in [9.17, 15) is 8.78 Å². The van der Waals surface area contributed by atoms with Crippen LogP contribution in [0.15, 0.2) is 15.2 Å². The highest BCUT2D eigenvalue weighted by molar-refractivity contribution is 9.10. The number of fused-ring (bicyclic) bond motifs is 1. The zero-order valence-electron chi connectivity index (χ0n) is 13.8. The first kappa shape index (κ1) is 23.6. The molecule has 3 rings (SSSR count). The van der Waals surface area contributed by atoms with E-state index in [4.69, 9.17) is 0 Å². The predicted octanol–water partition coefficient (Wildman–Crippen LogP) is 6.13. The number of rotatable bonds is 8. The summed E-state index contributed by atoms with van der Waals surface area (Å²) in [6.07, 6.45) is -1.51. The quantitative estimate of drug-likeness (QED) is 0.321. The summed E-state index contributed by atoms with van der Waals surface area (Å²) < 4.78 is 26.3. The second-order valence-corrected chi connectivity index (χ2v) is 8.02. The minimum atomic E-state index is -2.43. The second-order valence-electron chi connectivity index (χ2n) is 5.34. The molecular formula is C15H19BrCl2F2N4S2. The fourth-order valence-corrected chi connectivity index (χ4v) is 4.83. The third-order valence-corrected chi connectivity index (χ3v) is 6.94. The number of nitrogens with one attached hydrogen (secondary N) is 3. The summed E-state index contributed by atoms with van der Waals surface area (Å²) in [7, 11) is 0. The SMILES string of the molecule is Cc1c(CNCCCNc2nc3cscc3[nH]2)sc(C(F)F)c1Br.Cl.Cl. The third kappa shape index (κ3) is 5.53. The average molecular weight is 508 g/mol. The van der Waals surface area contributed by atoms with Gasteiger partial charge >= 0.3 is 0 Å². The number of alkyl halides is 2. The van der Waals surface area contributed by atoms with E-state index in [-0.39, 0.29) is 29.7 Å². The molecule has 0 unspecified atom stereocenters. The molecule has 0 amide bonds. The number of aromatic amines is 1. The first-order valence-electron chi connectivity index (χ1n) is 7.48. The smallest absolute Gasteiger partial charge is 0.273 e. The number of imidazole rings is 1. The van der Waals surface area contributed by atoms with Crippen molar-refractivity contribution in [2.45, 2.75) is 26.3 Å². The van der Waals surface area contributed by atoms with Gasteiger partial charge in [-0.3, -0.25) is 0 Å². The van der Waals surface area contributed by atoms with Crippen molar-refractivity contribution in [3.8, 4) is 0 Å². The van der Waals surface area contributed by atoms with E-state index in [0.717, 1.165) is 46.9 Å². The summed E-state index contributed by atoms with van der Waals surface area (Å²) in [6, 6.07) is 0. The lowest BCUT2D eigenvalue weighted by molar-refractivity contribution is 0.155. The highest BCUT2D eigenvalue weighted by Gasteiger charge is 2.19. The van der Waals surface area contributed by atoms with Crippen molar-refractivity contribution < 1.29 is 8.78 Å². The van der Waals surface area contributed by atoms with Gasteiger partial charge in [-0.1, -0.05) is 0 Å². The summed E-state index contributed by atoms with van der Waals surface area (Å²) in [5, 5.41) is 10.6. The van der Waals surface area contributed by atoms with E-state index in [2.05, 4.69) is 36.5 Å². The predicted molar refractivity (Wildman–Crippen MR) is 115 cm³/mol. The molecule has 4 nitrogen and oxygen atoms in total. The van der Waals surface area contributed by atoms with E-state index >= 15 is 0 Å². The molecule has 3 heterocycles. The molecule has 11 heteroatoms. The van der Waals surface area contributed by atoms with E-state index < -0.39 is 6.43 Å². The van der Waals surface area contributed by atoms with Crippen LogP contribution in [0.3, 0.4) is 0 Å². The Kier molecular flexibility index (Phi) is 9.77. The highest BCUT2D eigenvalue weighted by atomic mass is 79.9. The van der Waals surface area contributed by atoms with Crippen LogP contribution in [-0.4, -0.2) is 23.1 Å². The number of hydrogen-bond donors (Lipinski definition) is 3. The van der Waals surface area contributed by atoms with Crippen molar-refractivity contribution in [1.82, 2.24) is 15.3 Å². The molecule has 0 aromatic carbocycles. The summed E-state index contributed by atoms with van der Waals surface area (Å²) in [6.45, 7) is 4.08. The van der Waals surface area contributed by atoms with E-state index in [0.29, 0.717) is 11.0 Å². The number of thiophene rings is 2. The minimum absolute atomic E-state index is 0. The van der Waals surface area contributed by atoms with Gasteiger partial charge in [0.15, 0.2) is 0 Å². The van der Waals surface area contributed by atoms with Gasteiger partial charge in [0, 0.05) is 33.2 Å². The minimum Gasteiger partial charge on any atom is -0.356 e. The Bertz CT molecular complexity index is 793. The Hall–Kier alpha value is -0.450. The highest BCUT2D eigenvalue weighted by Crippen LogP contribution is 2.38. The third-order valence-electron chi connectivity index (χ3n) is 3.63. The monoisotopic (exact) mass is 506 g/mol. The molecule has 26 heavy (non-hydrogen) atoms. The van der Waals surface area contributed by atoms with Crippen molar-refractivity contribution in [3.05, 3.63) is 30.6 Å². The van der Waals surface area contributed by atoms with Gasteiger partial charge in [-0.05, 0) is 41.4 Å². The number of nitrogens with zero attached hydrogens (tertiary/aromatic N) is 1. The van der Waals surface area contributed by atoms with Crippen molar-refractivity contribution >= 4 is 80.4 Å². The van der Waals surface area contributed by atoms with Gasteiger partial charge in [0.05, 0.1) is 10.4 Å². The molecule has 0 bridgehead atoms. The van der Waals surface area contributed by atoms with Gasteiger partial charge < -0.3 is 15.6 Å². The lowest BCUT2D eigenvalue weighted by Crippen LogP contribution is -2.17. The van der Waals surface area contributed by atoms with Gasteiger partial charge in [-0.15, -0.1) is 47.5 Å². The first-order chi connectivity index (χ1) is 11.6. The number of aromatic nitrogens is 2. The van der Waals surface area contributed by atoms with Gasteiger partial charge in [0.25, 0.3) is 6.43 Å². The van der Waals surface area contributed by atoms with Crippen molar-refractivity contribution in [2.24, 2.45) is 0 Å². The molecule has 0 spiro atoms. The molecule has 0 radical (unpaired) electrons. The summed E-state index contributed by atoms with van der Waals surface area (Å²) in [4.78, 5) is 8.71. The lowest BCUT2D eigenvalue weighted by Gasteiger charge is -2.05. The van der Waals surface area contributed by atoms with Crippen LogP contribution >= 0.6 is 63.4 Å².